The van der Waals surface area contributed by atoms with Crippen molar-refractivity contribution in [1.82, 2.24) is 9.88 Å². The molecule has 1 aliphatic rings. The van der Waals surface area contributed by atoms with Gasteiger partial charge in [-0.05, 0) is 26.9 Å². The van der Waals surface area contributed by atoms with E-state index in [-0.39, 0.29) is 5.78 Å². The second-order valence-corrected chi connectivity index (χ2v) is 5.19. The number of carbonyl (C=O) groups excluding carboxylic acids is 1. The van der Waals surface area contributed by atoms with E-state index in [4.69, 9.17) is 0 Å². The standard InChI is InChI=1S/C11H16N2OS/c1-8(14)5-10-7-15-11(12-10)9-3-4-13(2)6-9/h7,9H,3-6H2,1-2H3. The number of hydrogen-bond donors (Lipinski definition) is 0. The monoisotopic (exact) mass is 224 g/mol. The topological polar surface area (TPSA) is 33.2 Å². The maximum absolute atomic E-state index is 11.0. The SMILES string of the molecule is CC(=O)Cc1csc(C2CCN(C)C2)n1. The molecule has 1 aromatic rings. The van der Waals surface area contributed by atoms with E-state index in [1.54, 1.807) is 18.3 Å². The van der Waals surface area contributed by atoms with Gasteiger partial charge in [0.15, 0.2) is 0 Å². The van der Waals surface area contributed by atoms with Crippen molar-refractivity contribution in [3.63, 3.8) is 0 Å². The highest BCUT2D eigenvalue weighted by atomic mass is 32.1. The molecule has 0 amide bonds. The summed E-state index contributed by atoms with van der Waals surface area (Å²) in [5.74, 6) is 0.774. The fraction of sp³-hybridized carbons (Fsp3) is 0.636. The van der Waals surface area contributed by atoms with Crippen LogP contribution in [0.2, 0.25) is 0 Å². The van der Waals surface area contributed by atoms with Crippen molar-refractivity contribution in [3.8, 4) is 0 Å². The van der Waals surface area contributed by atoms with Crippen molar-refractivity contribution in [2.75, 3.05) is 20.1 Å². The Hall–Kier alpha value is -0.740. The van der Waals surface area contributed by atoms with Crippen LogP contribution in [0.5, 0.6) is 0 Å². The van der Waals surface area contributed by atoms with Crippen LogP contribution in [0.3, 0.4) is 0 Å². The number of carbonyl (C=O) groups is 1. The molecule has 4 heteroatoms. The zero-order valence-corrected chi connectivity index (χ0v) is 10.0. The molecule has 1 aromatic heterocycles. The summed E-state index contributed by atoms with van der Waals surface area (Å²) in [6.45, 7) is 3.88. The molecule has 3 nitrogen and oxygen atoms in total. The number of rotatable bonds is 3. The van der Waals surface area contributed by atoms with Crippen molar-refractivity contribution in [3.05, 3.63) is 16.1 Å². The lowest BCUT2D eigenvalue weighted by molar-refractivity contribution is -0.116. The molecule has 1 saturated heterocycles. The average molecular weight is 224 g/mol. The smallest absolute Gasteiger partial charge is 0.135 e. The van der Waals surface area contributed by atoms with E-state index in [2.05, 4.69) is 16.9 Å². The van der Waals surface area contributed by atoms with Crippen molar-refractivity contribution in [1.29, 1.82) is 0 Å². The van der Waals surface area contributed by atoms with E-state index in [0.29, 0.717) is 12.3 Å². The van der Waals surface area contributed by atoms with Gasteiger partial charge >= 0.3 is 0 Å². The quantitative estimate of drug-likeness (QED) is 0.783. The molecule has 1 atom stereocenters. The first-order valence-electron chi connectivity index (χ1n) is 5.27. The second-order valence-electron chi connectivity index (χ2n) is 4.30. The molecule has 0 spiro atoms. The third kappa shape index (κ3) is 2.63. The van der Waals surface area contributed by atoms with Crippen LogP contribution in [-0.2, 0) is 11.2 Å². The van der Waals surface area contributed by atoms with Gasteiger partial charge in [-0.2, -0.15) is 0 Å². The molecule has 0 radical (unpaired) electrons. The van der Waals surface area contributed by atoms with Gasteiger partial charge in [-0.25, -0.2) is 4.98 Å². The Bertz CT molecular complexity index is 361. The molecule has 1 aliphatic heterocycles. The zero-order chi connectivity index (χ0) is 10.8. The van der Waals surface area contributed by atoms with Gasteiger partial charge in [-0.3, -0.25) is 4.79 Å². The van der Waals surface area contributed by atoms with Crippen LogP contribution in [0.4, 0.5) is 0 Å². The summed E-state index contributed by atoms with van der Waals surface area (Å²) < 4.78 is 0. The summed E-state index contributed by atoms with van der Waals surface area (Å²) in [7, 11) is 2.14. The molecule has 0 saturated carbocycles. The Balaban J connectivity index is 2.03. The summed E-state index contributed by atoms with van der Waals surface area (Å²) >= 11 is 1.70. The Morgan fingerprint density at radius 2 is 2.53 bits per heavy atom. The molecular formula is C11H16N2OS. The average Bonchev–Trinajstić information content (AvgIpc) is 2.72. The van der Waals surface area contributed by atoms with Gasteiger partial charge in [-0.1, -0.05) is 0 Å². The Morgan fingerprint density at radius 3 is 3.13 bits per heavy atom. The largest absolute Gasteiger partial charge is 0.306 e. The summed E-state index contributed by atoms with van der Waals surface area (Å²) in [5.41, 5.74) is 0.942. The van der Waals surface area contributed by atoms with E-state index < -0.39 is 0 Å². The Labute approximate surface area is 94.1 Å². The lowest BCUT2D eigenvalue weighted by atomic mass is 10.1. The molecule has 0 bridgehead atoms. The number of hydrogen-bond acceptors (Lipinski definition) is 4. The normalized spacial score (nSPS) is 22.1. The highest BCUT2D eigenvalue weighted by Crippen LogP contribution is 2.28. The van der Waals surface area contributed by atoms with Gasteiger partial charge in [0.1, 0.15) is 5.78 Å². The molecule has 0 aromatic carbocycles. The predicted octanol–water partition coefficient (Wildman–Crippen LogP) is 1.69. The molecule has 2 heterocycles. The maximum Gasteiger partial charge on any atom is 0.135 e. The molecule has 1 fully saturated rings. The summed E-state index contributed by atoms with van der Waals surface area (Å²) in [5, 5.41) is 3.23. The van der Waals surface area contributed by atoms with Crippen molar-refractivity contribution < 1.29 is 4.79 Å². The van der Waals surface area contributed by atoms with Gasteiger partial charge in [0.2, 0.25) is 0 Å². The molecule has 15 heavy (non-hydrogen) atoms. The van der Waals surface area contributed by atoms with Crippen LogP contribution < -0.4 is 0 Å². The first-order chi connectivity index (χ1) is 7.15. The van der Waals surface area contributed by atoms with Crippen LogP contribution in [-0.4, -0.2) is 35.8 Å². The summed E-state index contributed by atoms with van der Waals surface area (Å²) in [6, 6.07) is 0. The van der Waals surface area contributed by atoms with E-state index >= 15 is 0 Å². The minimum absolute atomic E-state index is 0.190. The van der Waals surface area contributed by atoms with Crippen LogP contribution in [0.1, 0.15) is 30.0 Å². The van der Waals surface area contributed by atoms with Crippen LogP contribution in [0, 0.1) is 0 Å². The van der Waals surface area contributed by atoms with Gasteiger partial charge in [0, 0.05) is 24.3 Å². The van der Waals surface area contributed by atoms with Crippen LogP contribution >= 0.6 is 11.3 Å². The van der Waals surface area contributed by atoms with E-state index in [1.165, 1.54) is 11.4 Å². The van der Waals surface area contributed by atoms with E-state index in [9.17, 15) is 4.79 Å². The minimum Gasteiger partial charge on any atom is -0.306 e. The third-order valence-electron chi connectivity index (χ3n) is 2.74. The lowest BCUT2D eigenvalue weighted by Gasteiger charge is -2.06. The van der Waals surface area contributed by atoms with E-state index in [0.717, 1.165) is 18.8 Å². The number of ketones is 1. The van der Waals surface area contributed by atoms with E-state index in [1.807, 2.05) is 5.38 Å². The molecule has 1 unspecified atom stereocenters. The number of likely N-dealkylation sites (N-methyl/N-ethyl adjacent to an activating group) is 1. The molecule has 2 rings (SSSR count). The zero-order valence-electron chi connectivity index (χ0n) is 9.19. The van der Waals surface area contributed by atoms with Gasteiger partial charge in [0.05, 0.1) is 10.7 Å². The predicted molar refractivity (Wildman–Crippen MR) is 61.4 cm³/mol. The fourth-order valence-electron chi connectivity index (χ4n) is 1.98. The first kappa shape index (κ1) is 10.8. The van der Waals surface area contributed by atoms with Gasteiger partial charge < -0.3 is 4.90 Å². The molecule has 82 valence electrons. The Morgan fingerprint density at radius 1 is 1.73 bits per heavy atom. The summed E-state index contributed by atoms with van der Waals surface area (Å²) in [4.78, 5) is 17.8. The minimum atomic E-state index is 0.190. The van der Waals surface area contributed by atoms with Gasteiger partial charge in [0.25, 0.3) is 0 Å². The van der Waals surface area contributed by atoms with Gasteiger partial charge in [-0.15, -0.1) is 11.3 Å². The first-order valence-corrected chi connectivity index (χ1v) is 6.15. The second kappa shape index (κ2) is 4.41. The fourth-order valence-corrected chi connectivity index (χ4v) is 2.93. The number of likely N-dealkylation sites (tertiary alicyclic amines) is 1. The highest BCUT2D eigenvalue weighted by Gasteiger charge is 2.23. The number of thiazole rings is 1. The Kier molecular flexibility index (Phi) is 3.17. The van der Waals surface area contributed by atoms with Crippen molar-refractivity contribution in [2.24, 2.45) is 0 Å². The third-order valence-corrected chi connectivity index (χ3v) is 3.80. The highest BCUT2D eigenvalue weighted by molar-refractivity contribution is 7.09. The van der Waals surface area contributed by atoms with Crippen molar-refractivity contribution >= 4 is 17.1 Å². The number of aromatic nitrogens is 1. The number of Topliss-reactive ketones (excluding diaryl/α,β-unsaturated/α-hetero) is 1. The summed E-state index contributed by atoms with van der Waals surface area (Å²) in [6.07, 6.45) is 1.68. The lowest BCUT2D eigenvalue weighted by Crippen LogP contribution is -2.13. The number of nitrogens with zero attached hydrogens (tertiary/aromatic N) is 2. The maximum atomic E-state index is 11.0. The van der Waals surface area contributed by atoms with Crippen molar-refractivity contribution in [2.45, 2.75) is 25.7 Å². The molecule has 0 aliphatic carbocycles. The van der Waals surface area contributed by atoms with Crippen LogP contribution in [0.25, 0.3) is 0 Å². The molecule has 0 N–H and O–H groups in total. The van der Waals surface area contributed by atoms with Crippen LogP contribution in [0.15, 0.2) is 5.38 Å². The molecular weight excluding hydrogens is 208 g/mol.